The smallest absolute Gasteiger partial charge is 0.195 e. The van der Waals surface area contributed by atoms with Crippen LogP contribution < -0.4 is 0 Å². The number of benzene rings is 2. The first-order valence-corrected chi connectivity index (χ1v) is 6.02. The zero-order valence-electron chi connectivity index (χ0n) is 9.13. The van der Waals surface area contributed by atoms with Crippen molar-refractivity contribution in [1.82, 2.24) is 0 Å². The molecule has 0 radical (unpaired) electrons. The van der Waals surface area contributed by atoms with E-state index in [9.17, 15) is 4.79 Å². The Kier molecular flexibility index (Phi) is 2.45. The van der Waals surface area contributed by atoms with Crippen molar-refractivity contribution < 1.29 is 4.79 Å². The average Bonchev–Trinajstić information content (AvgIpc) is 2.62. The normalized spacial score (nSPS) is 11.9. The molecule has 3 heteroatoms. The van der Waals surface area contributed by atoms with E-state index >= 15 is 0 Å². The first kappa shape index (κ1) is 11.3. The van der Waals surface area contributed by atoms with Crippen LogP contribution in [0.2, 0.25) is 10.0 Å². The van der Waals surface area contributed by atoms with Crippen molar-refractivity contribution in [1.29, 1.82) is 0 Å². The minimum atomic E-state index is -0.0683. The summed E-state index contributed by atoms with van der Waals surface area (Å²) in [6, 6.07) is 8.55. The minimum absolute atomic E-state index is 0.0683. The predicted molar refractivity (Wildman–Crippen MR) is 73.3 cm³/mol. The molecule has 2 aromatic rings. The molecular formula is C15H6Cl2O. The van der Waals surface area contributed by atoms with E-state index in [2.05, 4.69) is 5.92 Å². The van der Waals surface area contributed by atoms with Gasteiger partial charge >= 0.3 is 0 Å². The van der Waals surface area contributed by atoms with Crippen LogP contribution in [-0.4, -0.2) is 5.78 Å². The van der Waals surface area contributed by atoms with Crippen LogP contribution in [-0.2, 0) is 0 Å². The summed E-state index contributed by atoms with van der Waals surface area (Å²) in [6.07, 6.45) is 5.43. The summed E-state index contributed by atoms with van der Waals surface area (Å²) in [6.45, 7) is 0. The summed E-state index contributed by atoms with van der Waals surface area (Å²) in [5.41, 5.74) is 3.24. The number of halogens is 2. The first-order chi connectivity index (χ1) is 8.61. The lowest BCUT2D eigenvalue weighted by Gasteiger charge is -2.03. The third-order valence-electron chi connectivity index (χ3n) is 3.00. The highest BCUT2D eigenvalue weighted by atomic mass is 35.5. The average molecular weight is 273 g/mol. The Morgan fingerprint density at radius 1 is 0.944 bits per heavy atom. The van der Waals surface area contributed by atoms with Gasteiger partial charge in [-0.15, -0.1) is 6.42 Å². The van der Waals surface area contributed by atoms with Gasteiger partial charge in [0.15, 0.2) is 5.78 Å². The van der Waals surface area contributed by atoms with E-state index in [4.69, 9.17) is 29.6 Å². The minimum Gasteiger partial charge on any atom is -0.289 e. The van der Waals surface area contributed by atoms with Crippen molar-refractivity contribution in [2.75, 3.05) is 0 Å². The van der Waals surface area contributed by atoms with Crippen molar-refractivity contribution in [3.05, 3.63) is 57.1 Å². The van der Waals surface area contributed by atoms with Gasteiger partial charge in [0.1, 0.15) is 0 Å². The van der Waals surface area contributed by atoms with E-state index in [-0.39, 0.29) is 5.78 Å². The largest absolute Gasteiger partial charge is 0.289 e. The lowest BCUT2D eigenvalue weighted by molar-refractivity contribution is 0.104. The molecule has 86 valence electrons. The van der Waals surface area contributed by atoms with Crippen LogP contribution in [0.3, 0.4) is 0 Å². The van der Waals surface area contributed by atoms with Crippen molar-refractivity contribution in [2.24, 2.45) is 0 Å². The van der Waals surface area contributed by atoms with E-state index in [0.717, 1.165) is 11.1 Å². The number of rotatable bonds is 0. The fraction of sp³-hybridized carbons (Fsp3) is 0. The van der Waals surface area contributed by atoms with Crippen LogP contribution in [0.4, 0.5) is 0 Å². The number of hydrogen-bond donors (Lipinski definition) is 0. The molecule has 0 saturated carbocycles. The van der Waals surface area contributed by atoms with Crippen LogP contribution in [0, 0.1) is 12.3 Å². The fourth-order valence-corrected chi connectivity index (χ4v) is 2.64. The molecule has 0 bridgehead atoms. The Morgan fingerprint density at radius 2 is 1.67 bits per heavy atom. The van der Waals surface area contributed by atoms with E-state index in [1.165, 1.54) is 0 Å². The van der Waals surface area contributed by atoms with Gasteiger partial charge in [0.2, 0.25) is 0 Å². The lowest BCUT2D eigenvalue weighted by atomic mass is 10.0. The lowest BCUT2D eigenvalue weighted by Crippen LogP contribution is -1.98. The second-order valence-electron chi connectivity index (χ2n) is 4.04. The molecule has 0 aliphatic heterocycles. The monoisotopic (exact) mass is 272 g/mol. The Balaban J connectivity index is 2.42. The molecule has 0 heterocycles. The van der Waals surface area contributed by atoms with Gasteiger partial charge in [-0.2, -0.15) is 0 Å². The SMILES string of the molecule is C#Cc1cc(Cl)cc2c1C(=O)c1ccc(Cl)cc1-2. The molecule has 2 aromatic carbocycles. The maximum Gasteiger partial charge on any atom is 0.195 e. The third-order valence-corrected chi connectivity index (χ3v) is 3.46. The van der Waals surface area contributed by atoms with Gasteiger partial charge in [0.25, 0.3) is 0 Å². The number of carbonyl (C=O) groups is 1. The van der Waals surface area contributed by atoms with Gasteiger partial charge in [-0.1, -0.05) is 29.1 Å². The molecule has 0 aromatic heterocycles. The Labute approximate surface area is 114 Å². The van der Waals surface area contributed by atoms with E-state index < -0.39 is 0 Å². The second-order valence-corrected chi connectivity index (χ2v) is 4.91. The van der Waals surface area contributed by atoms with Gasteiger partial charge < -0.3 is 0 Å². The van der Waals surface area contributed by atoms with Crippen LogP contribution in [0.1, 0.15) is 21.5 Å². The molecule has 18 heavy (non-hydrogen) atoms. The molecule has 0 atom stereocenters. The standard InChI is InChI=1S/C15H6Cl2O/c1-2-8-5-10(17)7-13-12-6-9(16)3-4-11(12)15(18)14(8)13/h1,3-7H. The van der Waals surface area contributed by atoms with Gasteiger partial charge in [-0.25, -0.2) is 0 Å². The summed E-state index contributed by atoms with van der Waals surface area (Å²) in [7, 11) is 0. The summed E-state index contributed by atoms with van der Waals surface area (Å²) in [4.78, 5) is 12.3. The highest BCUT2D eigenvalue weighted by molar-refractivity contribution is 6.33. The first-order valence-electron chi connectivity index (χ1n) is 5.26. The molecule has 0 saturated heterocycles. The molecular weight excluding hydrogens is 267 g/mol. The molecule has 0 spiro atoms. The highest BCUT2D eigenvalue weighted by Crippen LogP contribution is 2.40. The van der Waals surface area contributed by atoms with Gasteiger partial charge in [0.05, 0.1) is 0 Å². The fourth-order valence-electron chi connectivity index (χ4n) is 2.25. The Morgan fingerprint density at radius 3 is 2.39 bits per heavy atom. The topological polar surface area (TPSA) is 17.1 Å². The molecule has 1 aliphatic carbocycles. The molecule has 0 fully saturated rings. The van der Waals surface area contributed by atoms with Gasteiger partial charge in [-0.05, 0) is 41.5 Å². The molecule has 1 aliphatic rings. The van der Waals surface area contributed by atoms with E-state index in [0.29, 0.717) is 26.7 Å². The summed E-state index contributed by atoms with van der Waals surface area (Å²) in [5, 5.41) is 1.10. The number of carbonyl (C=O) groups excluding carboxylic acids is 1. The quantitative estimate of drug-likeness (QED) is 0.561. The maximum atomic E-state index is 12.3. The Bertz CT molecular complexity index is 739. The zero-order valence-corrected chi connectivity index (χ0v) is 10.6. The van der Waals surface area contributed by atoms with Crippen LogP contribution in [0.25, 0.3) is 11.1 Å². The molecule has 0 N–H and O–H groups in total. The summed E-state index contributed by atoms with van der Waals surface area (Å²) in [5.74, 6) is 2.44. The number of fused-ring (bicyclic) bond motifs is 3. The number of hydrogen-bond acceptors (Lipinski definition) is 1. The number of ketones is 1. The second kappa shape index (κ2) is 3.88. The van der Waals surface area contributed by atoms with Crippen LogP contribution in [0.15, 0.2) is 30.3 Å². The van der Waals surface area contributed by atoms with E-state index in [1.807, 2.05) is 0 Å². The highest BCUT2D eigenvalue weighted by Gasteiger charge is 2.29. The summed E-state index contributed by atoms with van der Waals surface area (Å²) < 4.78 is 0. The molecule has 0 unspecified atom stereocenters. The van der Waals surface area contributed by atoms with Crippen molar-refractivity contribution >= 4 is 29.0 Å². The van der Waals surface area contributed by atoms with Crippen molar-refractivity contribution in [2.45, 2.75) is 0 Å². The summed E-state index contributed by atoms with van der Waals surface area (Å²) >= 11 is 12.0. The zero-order chi connectivity index (χ0) is 12.9. The molecule has 3 rings (SSSR count). The Hall–Kier alpha value is -1.75. The predicted octanol–water partition coefficient (Wildman–Crippen LogP) is 4.19. The van der Waals surface area contributed by atoms with Crippen molar-refractivity contribution in [3.8, 4) is 23.5 Å². The molecule has 1 nitrogen and oxygen atoms in total. The maximum absolute atomic E-state index is 12.3. The van der Waals surface area contributed by atoms with Crippen LogP contribution in [0.5, 0.6) is 0 Å². The third kappa shape index (κ3) is 1.47. The number of terminal acetylenes is 1. The van der Waals surface area contributed by atoms with Crippen LogP contribution >= 0.6 is 23.2 Å². The van der Waals surface area contributed by atoms with E-state index in [1.54, 1.807) is 30.3 Å². The van der Waals surface area contributed by atoms with Gasteiger partial charge in [-0.3, -0.25) is 4.79 Å². The molecule has 0 amide bonds. The van der Waals surface area contributed by atoms with Gasteiger partial charge in [0, 0.05) is 26.7 Å². The van der Waals surface area contributed by atoms with Crippen molar-refractivity contribution in [3.63, 3.8) is 0 Å².